The van der Waals surface area contributed by atoms with Gasteiger partial charge in [-0.15, -0.1) is 0 Å². The summed E-state index contributed by atoms with van der Waals surface area (Å²) in [5.41, 5.74) is 7.51. The van der Waals surface area contributed by atoms with Crippen molar-refractivity contribution >= 4 is 0 Å². The lowest BCUT2D eigenvalue weighted by atomic mass is 10.0. The Morgan fingerprint density at radius 2 is 2.27 bits per heavy atom. The van der Waals surface area contributed by atoms with Gasteiger partial charge in [0.05, 0.1) is 6.54 Å². The van der Waals surface area contributed by atoms with Crippen LogP contribution in [0.1, 0.15) is 25.0 Å². The Hall–Kier alpha value is -1.46. The van der Waals surface area contributed by atoms with E-state index in [4.69, 9.17) is 10.5 Å². The zero-order valence-electron chi connectivity index (χ0n) is 9.13. The van der Waals surface area contributed by atoms with Crippen LogP contribution in [0.2, 0.25) is 0 Å². The monoisotopic (exact) mass is 201 g/mol. The lowest BCUT2D eigenvalue weighted by molar-refractivity contribution is 0.138. The summed E-state index contributed by atoms with van der Waals surface area (Å²) in [7, 11) is 0. The largest absolute Gasteiger partial charge is 0.487 e. The Balaban J connectivity index is 2.30. The number of hydrogen-bond acceptors (Lipinski definition) is 2. The number of fused-ring (bicyclic) bond motifs is 1. The van der Waals surface area contributed by atoms with Gasteiger partial charge >= 0.3 is 0 Å². The van der Waals surface area contributed by atoms with Crippen LogP contribution in [0.15, 0.2) is 18.2 Å². The summed E-state index contributed by atoms with van der Waals surface area (Å²) in [5.74, 6) is 6.87. The van der Waals surface area contributed by atoms with E-state index in [0.717, 1.165) is 17.7 Å². The molecule has 0 unspecified atom stereocenters. The van der Waals surface area contributed by atoms with Crippen LogP contribution in [-0.4, -0.2) is 12.1 Å². The summed E-state index contributed by atoms with van der Waals surface area (Å²) in [4.78, 5) is 0. The Bertz CT molecular complexity index is 438. The number of rotatable bonds is 0. The molecule has 2 nitrogen and oxygen atoms in total. The highest BCUT2D eigenvalue weighted by Crippen LogP contribution is 2.34. The highest BCUT2D eigenvalue weighted by Gasteiger charge is 2.29. The molecule has 1 aromatic rings. The second-order valence-corrected chi connectivity index (χ2v) is 4.37. The molecule has 0 spiro atoms. The lowest BCUT2D eigenvalue weighted by Gasteiger charge is -2.16. The van der Waals surface area contributed by atoms with Crippen LogP contribution in [0, 0.1) is 11.8 Å². The molecule has 1 aliphatic rings. The first-order valence-electron chi connectivity index (χ1n) is 5.12. The van der Waals surface area contributed by atoms with Gasteiger partial charge in [0.25, 0.3) is 0 Å². The van der Waals surface area contributed by atoms with E-state index in [1.54, 1.807) is 0 Å². The highest BCUT2D eigenvalue weighted by atomic mass is 16.5. The average molecular weight is 201 g/mol. The van der Waals surface area contributed by atoms with E-state index in [9.17, 15) is 0 Å². The van der Waals surface area contributed by atoms with Crippen LogP contribution in [0.4, 0.5) is 0 Å². The molecular formula is C13H15NO. The molecule has 0 atom stereocenters. The van der Waals surface area contributed by atoms with Crippen molar-refractivity contribution in [3.63, 3.8) is 0 Å². The van der Waals surface area contributed by atoms with Crippen LogP contribution < -0.4 is 10.5 Å². The van der Waals surface area contributed by atoms with Crippen molar-refractivity contribution in [3.05, 3.63) is 29.3 Å². The zero-order chi connectivity index (χ0) is 10.9. The maximum Gasteiger partial charge on any atom is 0.123 e. The minimum atomic E-state index is -0.0811. The smallest absolute Gasteiger partial charge is 0.123 e. The van der Waals surface area contributed by atoms with Crippen LogP contribution in [0.5, 0.6) is 5.75 Å². The van der Waals surface area contributed by atoms with E-state index in [1.807, 2.05) is 12.1 Å². The molecule has 0 amide bonds. The summed E-state index contributed by atoms with van der Waals surface area (Å²) in [6, 6.07) is 6.06. The maximum atomic E-state index is 5.78. The van der Waals surface area contributed by atoms with Gasteiger partial charge in [0, 0.05) is 12.0 Å². The minimum absolute atomic E-state index is 0.0811. The summed E-state index contributed by atoms with van der Waals surface area (Å²) in [6.07, 6.45) is 0.945. The van der Waals surface area contributed by atoms with Gasteiger partial charge in [0.1, 0.15) is 11.4 Å². The molecule has 0 saturated carbocycles. The molecule has 0 saturated heterocycles. The maximum absolute atomic E-state index is 5.78. The number of ether oxygens (including phenoxy) is 1. The van der Waals surface area contributed by atoms with E-state index >= 15 is 0 Å². The summed E-state index contributed by atoms with van der Waals surface area (Å²) in [5, 5.41) is 0. The van der Waals surface area contributed by atoms with Gasteiger partial charge in [0.15, 0.2) is 0 Å². The van der Waals surface area contributed by atoms with Crippen LogP contribution >= 0.6 is 0 Å². The third kappa shape index (κ3) is 2.14. The second-order valence-electron chi connectivity index (χ2n) is 4.37. The quantitative estimate of drug-likeness (QED) is 0.648. The molecule has 0 aliphatic carbocycles. The van der Waals surface area contributed by atoms with Gasteiger partial charge in [0.2, 0.25) is 0 Å². The topological polar surface area (TPSA) is 35.2 Å². The van der Waals surface area contributed by atoms with E-state index in [0.29, 0.717) is 6.54 Å². The van der Waals surface area contributed by atoms with Gasteiger partial charge in [-0.05, 0) is 37.6 Å². The predicted molar refractivity (Wildman–Crippen MR) is 60.8 cm³/mol. The summed E-state index contributed by atoms with van der Waals surface area (Å²) in [6.45, 7) is 4.59. The fourth-order valence-electron chi connectivity index (χ4n) is 1.84. The fourth-order valence-corrected chi connectivity index (χ4v) is 1.84. The molecule has 2 heteroatoms. The standard InChI is InChI=1S/C13H15NO/c1-13(2)9-11-8-10(4-3-7-14)5-6-12(11)15-13/h5-6,8H,7,9,14H2,1-2H3. The van der Waals surface area contributed by atoms with Crippen molar-refractivity contribution in [2.75, 3.05) is 6.54 Å². The molecule has 1 aromatic carbocycles. The van der Waals surface area contributed by atoms with Gasteiger partial charge in [-0.2, -0.15) is 0 Å². The lowest BCUT2D eigenvalue weighted by Crippen LogP contribution is -2.24. The zero-order valence-corrected chi connectivity index (χ0v) is 9.13. The molecule has 2 N–H and O–H groups in total. The Morgan fingerprint density at radius 1 is 1.47 bits per heavy atom. The number of hydrogen-bond donors (Lipinski definition) is 1. The molecule has 1 heterocycles. The average Bonchev–Trinajstić information content (AvgIpc) is 2.47. The minimum Gasteiger partial charge on any atom is -0.487 e. The van der Waals surface area contributed by atoms with E-state index in [2.05, 4.69) is 31.8 Å². The molecule has 0 radical (unpaired) electrons. The first-order valence-corrected chi connectivity index (χ1v) is 5.12. The van der Waals surface area contributed by atoms with Gasteiger partial charge in [-0.25, -0.2) is 0 Å². The van der Waals surface area contributed by atoms with Gasteiger partial charge in [-0.1, -0.05) is 11.8 Å². The molecule has 0 bridgehead atoms. The van der Waals surface area contributed by atoms with Crippen molar-refractivity contribution in [1.82, 2.24) is 0 Å². The Morgan fingerprint density at radius 3 is 3.00 bits per heavy atom. The van der Waals surface area contributed by atoms with Gasteiger partial charge < -0.3 is 10.5 Å². The summed E-state index contributed by atoms with van der Waals surface area (Å²) < 4.78 is 5.78. The number of benzene rings is 1. The van der Waals surface area contributed by atoms with Crippen LogP contribution in [-0.2, 0) is 6.42 Å². The SMILES string of the molecule is CC1(C)Cc2cc(C#CCN)ccc2O1. The van der Waals surface area contributed by atoms with Crippen molar-refractivity contribution in [2.45, 2.75) is 25.9 Å². The predicted octanol–water partition coefficient (Wildman–Crippen LogP) is 1.71. The van der Waals surface area contributed by atoms with E-state index in [-0.39, 0.29) is 5.60 Å². The van der Waals surface area contributed by atoms with Gasteiger partial charge in [-0.3, -0.25) is 0 Å². The molecular weight excluding hydrogens is 186 g/mol. The molecule has 2 rings (SSSR count). The van der Waals surface area contributed by atoms with Crippen molar-refractivity contribution in [2.24, 2.45) is 5.73 Å². The molecule has 78 valence electrons. The van der Waals surface area contributed by atoms with Crippen molar-refractivity contribution in [1.29, 1.82) is 0 Å². The second kappa shape index (κ2) is 3.60. The Labute approximate surface area is 90.4 Å². The Kier molecular flexibility index (Phi) is 2.42. The fraction of sp³-hybridized carbons (Fsp3) is 0.385. The van der Waals surface area contributed by atoms with Crippen LogP contribution in [0.25, 0.3) is 0 Å². The van der Waals surface area contributed by atoms with E-state index in [1.165, 1.54) is 5.56 Å². The van der Waals surface area contributed by atoms with Crippen LogP contribution in [0.3, 0.4) is 0 Å². The third-order valence-electron chi connectivity index (χ3n) is 2.40. The molecule has 1 aliphatic heterocycles. The highest BCUT2D eigenvalue weighted by molar-refractivity contribution is 5.47. The first kappa shape index (κ1) is 10.1. The van der Waals surface area contributed by atoms with Crippen molar-refractivity contribution < 1.29 is 4.74 Å². The third-order valence-corrected chi connectivity index (χ3v) is 2.40. The number of nitrogens with two attached hydrogens (primary N) is 1. The normalized spacial score (nSPS) is 16.2. The van der Waals surface area contributed by atoms with Crippen molar-refractivity contribution in [3.8, 4) is 17.6 Å². The molecule has 0 fully saturated rings. The molecule has 15 heavy (non-hydrogen) atoms. The van der Waals surface area contributed by atoms with E-state index < -0.39 is 0 Å². The molecule has 0 aromatic heterocycles. The first-order chi connectivity index (χ1) is 7.11. The summed E-state index contributed by atoms with van der Waals surface area (Å²) >= 11 is 0.